The number of benzene rings is 2. The number of nitrogens with zero attached hydrogens (tertiary/aromatic N) is 2. The third-order valence-corrected chi connectivity index (χ3v) is 5.06. The van der Waals surface area contributed by atoms with Crippen LogP contribution in [0.25, 0.3) is 0 Å². The molecule has 2 aliphatic rings. The van der Waals surface area contributed by atoms with Crippen molar-refractivity contribution in [2.45, 2.75) is 13.0 Å². The fourth-order valence-electron chi connectivity index (χ4n) is 2.80. The second-order valence-corrected chi connectivity index (χ2v) is 6.49. The molecule has 2 heterocycles. The normalized spacial score (nSPS) is 22.0. The first-order valence-corrected chi connectivity index (χ1v) is 8.56. The summed E-state index contributed by atoms with van der Waals surface area (Å²) in [6.07, 6.45) is 0. The first-order chi connectivity index (χ1) is 10.3. The molecule has 0 saturated carbocycles. The van der Waals surface area contributed by atoms with Gasteiger partial charge in [-0.3, -0.25) is 0 Å². The van der Waals surface area contributed by atoms with Crippen molar-refractivity contribution in [2.24, 2.45) is 13.8 Å². The van der Waals surface area contributed by atoms with Crippen LogP contribution in [0.1, 0.15) is 18.5 Å². The van der Waals surface area contributed by atoms with Crippen molar-refractivity contribution in [3.05, 3.63) is 48.0 Å². The van der Waals surface area contributed by atoms with Crippen LogP contribution in [0, 0.1) is 5.92 Å². The Morgan fingerprint density at radius 1 is 1.14 bits per heavy atom. The first-order valence-electron chi connectivity index (χ1n) is 7.02. The summed E-state index contributed by atoms with van der Waals surface area (Å²) in [5.41, 5.74) is 4.31. The van der Waals surface area contributed by atoms with E-state index in [0.717, 1.165) is 29.4 Å². The molecule has 0 aromatic heterocycles. The number of fused-ring (bicyclic) bond motifs is 2. The zero-order chi connectivity index (χ0) is 14.2. The fraction of sp³-hybridized carbons (Fsp3) is 0.250. The molecule has 106 valence electrons. The third-order valence-electron chi connectivity index (χ3n) is 3.92. The van der Waals surface area contributed by atoms with Gasteiger partial charge < -0.3 is 0 Å². The predicted octanol–water partition coefficient (Wildman–Crippen LogP) is 4.22. The number of nitrogens with one attached hydrogen (secondary N) is 1. The van der Waals surface area contributed by atoms with Crippen molar-refractivity contribution in [3.63, 3.8) is 0 Å². The number of rotatable bonds is 2. The minimum atomic E-state index is -0.000679. The van der Waals surface area contributed by atoms with Crippen LogP contribution in [0.2, 0.25) is 0 Å². The van der Waals surface area contributed by atoms with Gasteiger partial charge in [0.25, 0.3) is 0 Å². The second-order valence-electron chi connectivity index (χ2n) is 5.39. The average Bonchev–Trinajstić information content (AvgIpc) is 2.99. The van der Waals surface area contributed by atoms with Crippen LogP contribution in [-0.2, 0) is 0 Å². The molecule has 1 N–H and O–H groups in total. The quantitative estimate of drug-likeness (QED) is 0.708. The number of hydrogen-bond acceptors (Lipinski definition) is 4. The maximum absolute atomic E-state index is 5.82. The van der Waals surface area contributed by atoms with Crippen molar-refractivity contribution in [2.75, 3.05) is 11.9 Å². The van der Waals surface area contributed by atoms with E-state index in [4.69, 9.17) is 4.74 Å². The van der Waals surface area contributed by atoms with Crippen LogP contribution in [0.4, 0.5) is 17.1 Å². The molecule has 4 rings (SSSR count). The van der Waals surface area contributed by atoms with Crippen LogP contribution in [0.3, 0.4) is 0 Å². The van der Waals surface area contributed by atoms with E-state index in [1.165, 1.54) is 5.56 Å². The van der Waals surface area contributed by atoms with Gasteiger partial charge in [-0.25, -0.2) is 0 Å². The topological polar surface area (TPSA) is 46.0 Å². The molecule has 0 spiro atoms. The average molecular weight is 344 g/mol. The number of hydrogen-bond donors (Lipinski definition) is 1. The van der Waals surface area contributed by atoms with Gasteiger partial charge in [-0.1, -0.05) is 0 Å². The molecule has 2 aliphatic heterocycles. The summed E-state index contributed by atoms with van der Waals surface area (Å²) in [6.45, 7) is 2.94. The molecule has 2 aromatic carbocycles. The fourth-order valence-corrected chi connectivity index (χ4v) is 3.96. The number of ether oxygens (including phenoxy) is 1. The monoisotopic (exact) mass is 345 g/mol. The van der Waals surface area contributed by atoms with E-state index in [0.29, 0.717) is 5.92 Å². The van der Waals surface area contributed by atoms with Gasteiger partial charge in [0.15, 0.2) is 0 Å². The van der Waals surface area contributed by atoms with E-state index >= 15 is 0 Å². The molecule has 0 bridgehead atoms. The van der Waals surface area contributed by atoms with E-state index < -0.39 is 0 Å². The summed E-state index contributed by atoms with van der Waals surface area (Å²) in [5.74, 6) is 1.38. The Kier molecular flexibility index (Phi) is 3.17. The van der Waals surface area contributed by atoms with Crippen molar-refractivity contribution < 1.29 is 4.74 Å². The van der Waals surface area contributed by atoms with Gasteiger partial charge in [0.2, 0.25) is 0 Å². The molecule has 4 nitrogen and oxygen atoms in total. The Hall–Kier alpha value is -1.84. The molecule has 0 amide bonds. The summed E-state index contributed by atoms with van der Waals surface area (Å²) in [4.78, 5) is 0. The summed E-state index contributed by atoms with van der Waals surface area (Å²) in [6, 6.07) is 14.6. The van der Waals surface area contributed by atoms with Crippen molar-refractivity contribution >= 4 is 31.6 Å². The minimum absolute atomic E-state index is 0.000679. The zero-order valence-corrected chi connectivity index (χ0v) is 13.3. The van der Waals surface area contributed by atoms with Gasteiger partial charge in [0, 0.05) is 0 Å². The first kappa shape index (κ1) is 12.9. The maximum atomic E-state index is 5.82. The number of para-hydroxylation sites is 1. The van der Waals surface area contributed by atoms with Gasteiger partial charge in [-0.2, -0.15) is 0 Å². The Morgan fingerprint density at radius 3 is 3.00 bits per heavy atom. The standard InChI is InChI=1S/C16H15N3OSe/c1-10-9-20-14-8-3-2-5-11(14)15(10)17-12-6-4-7-13-16(12)19-21-18-13/h2-8,10,15,17H,9H2,1H3. The summed E-state index contributed by atoms with van der Waals surface area (Å²) in [5, 5.41) is 3.66. The second kappa shape index (κ2) is 5.17. The van der Waals surface area contributed by atoms with Crippen LogP contribution in [0.5, 0.6) is 5.75 Å². The molecular weight excluding hydrogens is 329 g/mol. The van der Waals surface area contributed by atoms with Crippen LogP contribution >= 0.6 is 0 Å². The predicted molar refractivity (Wildman–Crippen MR) is 83.8 cm³/mol. The van der Waals surface area contributed by atoms with E-state index in [9.17, 15) is 0 Å². The van der Waals surface area contributed by atoms with Gasteiger partial charge >= 0.3 is 129 Å². The Labute approximate surface area is 129 Å². The molecule has 0 radical (unpaired) electrons. The Morgan fingerprint density at radius 2 is 2.05 bits per heavy atom. The van der Waals surface area contributed by atoms with Crippen molar-refractivity contribution in [1.29, 1.82) is 0 Å². The zero-order valence-electron chi connectivity index (χ0n) is 11.6. The Balaban J connectivity index is 1.72. The van der Waals surface area contributed by atoms with Gasteiger partial charge in [-0.15, -0.1) is 0 Å². The third kappa shape index (κ3) is 2.23. The van der Waals surface area contributed by atoms with E-state index in [1.54, 1.807) is 0 Å². The van der Waals surface area contributed by atoms with Gasteiger partial charge in [-0.05, 0) is 0 Å². The molecule has 0 aliphatic carbocycles. The van der Waals surface area contributed by atoms with E-state index in [-0.39, 0.29) is 20.6 Å². The van der Waals surface area contributed by atoms with Crippen molar-refractivity contribution in [3.8, 4) is 5.75 Å². The summed E-state index contributed by atoms with van der Waals surface area (Å²) in [7, 11) is 0. The SMILES string of the molecule is CC1COc2ccccc2C1Nc1cccc2c1N=[Se]=N2. The van der Waals surface area contributed by atoms with Crippen LogP contribution in [-0.4, -0.2) is 21.2 Å². The summed E-state index contributed by atoms with van der Waals surface area (Å²) < 4.78 is 14.8. The molecule has 21 heavy (non-hydrogen) atoms. The molecular formula is C16H15N3OSe. The molecule has 0 saturated heterocycles. The molecule has 5 heteroatoms. The molecule has 0 fully saturated rings. The van der Waals surface area contributed by atoms with E-state index in [2.05, 4.69) is 38.4 Å². The van der Waals surface area contributed by atoms with Gasteiger partial charge in [0.1, 0.15) is 0 Å². The van der Waals surface area contributed by atoms with Crippen molar-refractivity contribution in [1.82, 2.24) is 0 Å². The Bertz CT molecular complexity index is 768. The van der Waals surface area contributed by atoms with E-state index in [1.807, 2.05) is 24.3 Å². The molecule has 2 unspecified atom stereocenters. The number of anilines is 1. The van der Waals surface area contributed by atoms with Crippen LogP contribution in [0.15, 0.2) is 50.4 Å². The van der Waals surface area contributed by atoms with Crippen LogP contribution < -0.4 is 10.1 Å². The van der Waals surface area contributed by atoms with Gasteiger partial charge in [0.05, 0.1) is 0 Å². The summed E-state index contributed by atoms with van der Waals surface area (Å²) >= 11 is -0.000679. The molecule has 2 atom stereocenters. The molecule has 2 aromatic rings.